The van der Waals surface area contributed by atoms with Crippen molar-refractivity contribution in [3.8, 4) is 0 Å². The molecule has 0 saturated carbocycles. The van der Waals surface area contributed by atoms with Crippen LogP contribution >= 0.6 is 0 Å². The van der Waals surface area contributed by atoms with Gasteiger partial charge < -0.3 is 14.2 Å². The normalized spacial score (nSPS) is 10.6. The molecule has 0 bridgehead atoms. The van der Waals surface area contributed by atoms with Crippen molar-refractivity contribution in [2.45, 2.75) is 25.7 Å². The molecule has 0 aliphatic heterocycles. The first-order chi connectivity index (χ1) is 6.41. The highest BCUT2D eigenvalue weighted by Crippen LogP contribution is 1.94. The number of unbranched alkanes of at least 4 members (excludes halogenated alkanes) is 2. The second-order valence-electron chi connectivity index (χ2n) is 3.01. The molecule has 0 radical (unpaired) electrons. The van der Waals surface area contributed by atoms with E-state index in [0.29, 0.717) is 0 Å². The summed E-state index contributed by atoms with van der Waals surface area (Å²) in [5.74, 6) is 0. The van der Waals surface area contributed by atoms with E-state index in [-0.39, 0.29) is 0 Å². The van der Waals surface area contributed by atoms with Gasteiger partial charge in [0.1, 0.15) is 0 Å². The van der Waals surface area contributed by atoms with Crippen LogP contribution in [0.3, 0.4) is 0 Å². The van der Waals surface area contributed by atoms with E-state index in [0.717, 1.165) is 52.1 Å². The fraction of sp³-hybridized carbons (Fsp3) is 1.00. The second kappa shape index (κ2) is 11.9. The van der Waals surface area contributed by atoms with Crippen molar-refractivity contribution in [1.82, 2.24) is 0 Å². The molecule has 0 fully saturated rings. The lowest BCUT2D eigenvalue weighted by atomic mass is 10.3. The average molecular weight is 190 g/mol. The van der Waals surface area contributed by atoms with Crippen molar-refractivity contribution in [2.24, 2.45) is 0 Å². The predicted octanol–water partition coefficient (Wildman–Crippen LogP) is 1.86. The molecule has 0 spiro atoms. The quantitative estimate of drug-likeness (QED) is 0.492. The highest BCUT2D eigenvalue weighted by molar-refractivity contribution is 4.40. The van der Waals surface area contributed by atoms with E-state index < -0.39 is 0 Å². The van der Waals surface area contributed by atoms with Crippen LogP contribution in [-0.4, -0.2) is 40.6 Å². The Kier molecular flexibility index (Phi) is 11.8. The van der Waals surface area contributed by atoms with Crippen molar-refractivity contribution in [1.29, 1.82) is 0 Å². The zero-order valence-electron chi connectivity index (χ0n) is 8.88. The maximum Gasteiger partial charge on any atom is 0.0466 e. The zero-order chi connectivity index (χ0) is 9.78. The summed E-state index contributed by atoms with van der Waals surface area (Å²) in [7, 11) is 3.46. The topological polar surface area (TPSA) is 27.7 Å². The Hall–Kier alpha value is -0.120. The van der Waals surface area contributed by atoms with Crippen molar-refractivity contribution < 1.29 is 14.2 Å². The smallest absolute Gasteiger partial charge is 0.0466 e. The number of ether oxygens (including phenoxy) is 3. The number of rotatable bonds is 10. The van der Waals surface area contributed by atoms with Crippen LogP contribution in [0.25, 0.3) is 0 Å². The van der Waals surface area contributed by atoms with Crippen LogP contribution in [0.5, 0.6) is 0 Å². The molecular weight excluding hydrogens is 168 g/mol. The van der Waals surface area contributed by atoms with E-state index in [1.807, 2.05) is 0 Å². The average Bonchev–Trinajstić information content (AvgIpc) is 2.16. The van der Waals surface area contributed by atoms with E-state index in [2.05, 4.69) is 0 Å². The zero-order valence-corrected chi connectivity index (χ0v) is 8.88. The summed E-state index contributed by atoms with van der Waals surface area (Å²) >= 11 is 0. The minimum Gasteiger partial charge on any atom is -0.385 e. The van der Waals surface area contributed by atoms with Crippen LogP contribution in [0, 0.1) is 0 Å². The van der Waals surface area contributed by atoms with Crippen LogP contribution in [0.4, 0.5) is 0 Å². The molecule has 13 heavy (non-hydrogen) atoms. The molecular formula is C10H22O3. The SMILES string of the molecule is COCCCCOCCCCOC. The first-order valence-corrected chi connectivity index (χ1v) is 4.97. The van der Waals surface area contributed by atoms with Gasteiger partial charge in [0.2, 0.25) is 0 Å². The lowest BCUT2D eigenvalue weighted by molar-refractivity contribution is 0.108. The van der Waals surface area contributed by atoms with E-state index in [9.17, 15) is 0 Å². The fourth-order valence-corrected chi connectivity index (χ4v) is 1.00. The summed E-state index contributed by atoms with van der Waals surface area (Å²) in [6.45, 7) is 3.40. The Morgan fingerprint density at radius 2 is 1.00 bits per heavy atom. The molecule has 80 valence electrons. The summed E-state index contributed by atoms with van der Waals surface area (Å²) in [5.41, 5.74) is 0. The van der Waals surface area contributed by atoms with Gasteiger partial charge in [-0.3, -0.25) is 0 Å². The van der Waals surface area contributed by atoms with Gasteiger partial charge in [0.15, 0.2) is 0 Å². The minimum absolute atomic E-state index is 0.840. The second-order valence-corrected chi connectivity index (χ2v) is 3.01. The first-order valence-electron chi connectivity index (χ1n) is 4.97. The summed E-state index contributed by atoms with van der Waals surface area (Å²) < 4.78 is 15.3. The maximum atomic E-state index is 5.42. The molecule has 0 rings (SSSR count). The molecule has 0 aliphatic rings. The van der Waals surface area contributed by atoms with Gasteiger partial charge in [-0.1, -0.05) is 0 Å². The summed E-state index contributed by atoms with van der Waals surface area (Å²) in [6, 6.07) is 0. The van der Waals surface area contributed by atoms with Crippen LogP contribution in [-0.2, 0) is 14.2 Å². The standard InChI is InChI=1S/C10H22O3/c1-11-7-3-5-9-13-10-6-4-8-12-2/h3-10H2,1-2H3. The Bertz CT molecular complexity index is 76.2. The summed E-state index contributed by atoms with van der Waals surface area (Å²) in [6.07, 6.45) is 4.37. The minimum atomic E-state index is 0.840. The van der Waals surface area contributed by atoms with Gasteiger partial charge in [-0.15, -0.1) is 0 Å². The third-order valence-corrected chi connectivity index (χ3v) is 1.77. The molecule has 0 amide bonds. The molecule has 3 nitrogen and oxygen atoms in total. The van der Waals surface area contributed by atoms with Crippen molar-refractivity contribution in [3.05, 3.63) is 0 Å². The molecule has 0 N–H and O–H groups in total. The first kappa shape index (κ1) is 12.9. The van der Waals surface area contributed by atoms with Gasteiger partial charge in [-0.2, -0.15) is 0 Å². The summed E-state index contributed by atoms with van der Waals surface area (Å²) in [4.78, 5) is 0. The van der Waals surface area contributed by atoms with Gasteiger partial charge in [0.25, 0.3) is 0 Å². The van der Waals surface area contributed by atoms with Crippen molar-refractivity contribution in [3.63, 3.8) is 0 Å². The highest BCUT2D eigenvalue weighted by Gasteiger charge is 1.90. The van der Waals surface area contributed by atoms with Crippen LogP contribution in [0.2, 0.25) is 0 Å². The number of hydrogen-bond acceptors (Lipinski definition) is 3. The molecule has 0 atom stereocenters. The van der Waals surface area contributed by atoms with Gasteiger partial charge in [0.05, 0.1) is 0 Å². The molecule has 0 aliphatic carbocycles. The lowest BCUT2D eigenvalue weighted by Crippen LogP contribution is -2.00. The lowest BCUT2D eigenvalue weighted by Gasteiger charge is -2.03. The van der Waals surface area contributed by atoms with E-state index >= 15 is 0 Å². The van der Waals surface area contributed by atoms with Crippen LogP contribution in [0.15, 0.2) is 0 Å². The number of hydrogen-bond donors (Lipinski definition) is 0. The largest absolute Gasteiger partial charge is 0.385 e. The molecule has 0 aromatic rings. The third-order valence-electron chi connectivity index (χ3n) is 1.77. The third kappa shape index (κ3) is 11.9. The predicted molar refractivity (Wildman–Crippen MR) is 53.0 cm³/mol. The van der Waals surface area contributed by atoms with E-state index in [1.165, 1.54) is 0 Å². The molecule has 0 heterocycles. The Morgan fingerprint density at radius 3 is 1.38 bits per heavy atom. The molecule has 0 aromatic heterocycles. The van der Waals surface area contributed by atoms with Gasteiger partial charge in [0, 0.05) is 40.6 Å². The van der Waals surface area contributed by atoms with E-state index in [1.54, 1.807) is 14.2 Å². The van der Waals surface area contributed by atoms with Crippen LogP contribution < -0.4 is 0 Å². The molecule has 0 aromatic carbocycles. The monoisotopic (exact) mass is 190 g/mol. The Morgan fingerprint density at radius 1 is 0.615 bits per heavy atom. The molecule has 0 saturated heterocycles. The number of methoxy groups -OCH3 is 2. The summed E-state index contributed by atoms with van der Waals surface area (Å²) in [5, 5.41) is 0. The van der Waals surface area contributed by atoms with E-state index in [4.69, 9.17) is 14.2 Å². The van der Waals surface area contributed by atoms with Gasteiger partial charge in [-0.05, 0) is 25.7 Å². The van der Waals surface area contributed by atoms with Gasteiger partial charge >= 0.3 is 0 Å². The van der Waals surface area contributed by atoms with Crippen molar-refractivity contribution in [2.75, 3.05) is 40.6 Å². The molecule has 3 heteroatoms. The van der Waals surface area contributed by atoms with Crippen molar-refractivity contribution >= 4 is 0 Å². The Balaban J connectivity index is 2.76. The molecule has 0 unspecified atom stereocenters. The maximum absolute atomic E-state index is 5.42. The Labute approximate surface area is 81.4 Å². The van der Waals surface area contributed by atoms with Gasteiger partial charge in [-0.25, -0.2) is 0 Å². The highest BCUT2D eigenvalue weighted by atomic mass is 16.5. The fourth-order valence-electron chi connectivity index (χ4n) is 1.00. The van der Waals surface area contributed by atoms with Crippen LogP contribution in [0.1, 0.15) is 25.7 Å².